The smallest absolute Gasteiger partial charge is 0.136 e. The molecule has 1 unspecified atom stereocenters. The van der Waals surface area contributed by atoms with E-state index in [4.69, 9.17) is 5.11 Å². The standard InChI is InChI=1S/C13H24N2O2/c16-11-10-15-8-6-14(7-9-15)5-4-12-2-1-3-13(12)17/h12,16H,1-11H2. The Morgan fingerprint density at radius 2 is 1.76 bits per heavy atom. The summed E-state index contributed by atoms with van der Waals surface area (Å²) in [5.41, 5.74) is 0. The van der Waals surface area contributed by atoms with Gasteiger partial charge in [0.25, 0.3) is 0 Å². The van der Waals surface area contributed by atoms with Crippen molar-refractivity contribution in [1.82, 2.24) is 9.80 Å². The summed E-state index contributed by atoms with van der Waals surface area (Å²) in [7, 11) is 0. The molecule has 2 fully saturated rings. The van der Waals surface area contributed by atoms with Gasteiger partial charge in [-0.1, -0.05) is 0 Å². The van der Waals surface area contributed by atoms with Crippen LogP contribution in [-0.4, -0.2) is 66.6 Å². The number of hydrogen-bond donors (Lipinski definition) is 1. The van der Waals surface area contributed by atoms with Gasteiger partial charge in [0.15, 0.2) is 0 Å². The second-order valence-electron chi connectivity index (χ2n) is 5.25. The number of β-amino-alcohol motifs (C(OH)–C–C–N with tert-alkyl or cyclic N) is 1. The van der Waals surface area contributed by atoms with Crippen LogP contribution in [0.2, 0.25) is 0 Å². The van der Waals surface area contributed by atoms with Crippen molar-refractivity contribution in [2.45, 2.75) is 25.7 Å². The molecule has 4 heteroatoms. The largest absolute Gasteiger partial charge is 0.395 e. The maximum absolute atomic E-state index is 11.5. The molecule has 2 aliphatic rings. The molecule has 1 saturated carbocycles. The zero-order chi connectivity index (χ0) is 12.1. The van der Waals surface area contributed by atoms with Crippen molar-refractivity contribution in [3.63, 3.8) is 0 Å². The summed E-state index contributed by atoms with van der Waals surface area (Å²) in [5, 5.41) is 8.87. The van der Waals surface area contributed by atoms with E-state index in [0.717, 1.165) is 65.0 Å². The molecule has 0 aromatic carbocycles. The fraction of sp³-hybridized carbons (Fsp3) is 0.923. The number of ketones is 1. The first kappa shape index (κ1) is 13.0. The molecule has 0 spiro atoms. The highest BCUT2D eigenvalue weighted by atomic mass is 16.3. The average molecular weight is 240 g/mol. The van der Waals surface area contributed by atoms with Crippen LogP contribution in [0, 0.1) is 5.92 Å². The highest BCUT2D eigenvalue weighted by Crippen LogP contribution is 2.24. The van der Waals surface area contributed by atoms with Crippen molar-refractivity contribution in [3.05, 3.63) is 0 Å². The minimum Gasteiger partial charge on any atom is -0.395 e. The van der Waals surface area contributed by atoms with E-state index >= 15 is 0 Å². The van der Waals surface area contributed by atoms with Crippen molar-refractivity contribution in [2.75, 3.05) is 45.9 Å². The third-order valence-corrected chi connectivity index (χ3v) is 4.11. The van der Waals surface area contributed by atoms with Gasteiger partial charge < -0.3 is 10.0 Å². The van der Waals surface area contributed by atoms with Crippen LogP contribution in [0.25, 0.3) is 0 Å². The summed E-state index contributed by atoms with van der Waals surface area (Å²) in [4.78, 5) is 16.3. The van der Waals surface area contributed by atoms with E-state index in [0.29, 0.717) is 11.7 Å². The van der Waals surface area contributed by atoms with Crippen LogP contribution in [0.15, 0.2) is 0 Å². The number of piperazine rings is 1. The minimum atomic E-state index is 0.260. The first-order valence-electron chi connectivity index (χ1n) is 6.88. The van der Waals surface area contributed by atoms with Gasteiger partial charge in [-0.15, -0.1) is 0 Å². The highest BCUT2D eigenvalue weighted by molar-refractivity contribution is 5.82. The number of carbonyl (C=O) groups excluding carboxylic acids is 1. The lowest BCUT2D eigenvalue weighted by Crippen LogP contribution is -2.47. The second-order valence-corrected chi connectivity index (χ2v) is 5.25. The zero-order valence-corrected chi connectivity index (χ0v) is 10.6. The van der Waals surface area contributed by atoms with Gasteiger partial charge in [0, 0.05) is 45.1 Å². The molecule has 1 saturated heterocycles. The molecular formula is C13H24N2O2. The summed E-state index contributed by atoms with van der Waals surface area (Å²) in [5.74, 6) is 0.842. The Labute approximate surface area is 104 Å². The van der Waals surface area contributed by atoms with Crippen LogP contribution in [0.5, 0.6) is 0 Å². The summed E-state index contributed by atoms with van der Waals surface area (Å²) in [6.45, 7) is 6.41. The molecule has 17 heavy (non-hydrogen) atoms. The molecule has 1 aliphatic carbocycles. The van der Waals surface area contributed by atoms with E-state index in [1.54, 1.807) is 0 Å². The lowest BCUT2D eigenvalue weighted by atomic mass is 10.0. The van der Waals surface area contributed by atoms with Gasteiger partial charge in [-0.2, -0.15) is 0 Å². The fourth-order valence-electron chi connectivity index (χ4n) is 2.91. The molecule has 1 aliphatic heterocycles. The summed E-state index contributed by atoms with van der Waals surface area (Å²) in [6, 6.07) is 0. The van der Waals surface area contributed by atoms with Crippen molar-refractivity contribution >= 4 is 5.78 Å². The normalized spacial score (nSPS) is 27.8. The first-order valence-corrected chi connectivity index (χ1v) is 6.88. The molecule has 4 nitrogen and oxygen atoms in total. The van der Waals surface area contributed by atoms with Crippen LogP contribution in [0.3, 0.4) is 0 Å². The van der Waals surface area contributed by atoms with E-state index in [1.165, 1.54) is 0 Å². The molecule has 1 heterocycles. The number of aliphatic hydroxyl groups is 1. The van der Waals surface area contributed by atoms with Crippen molar-refractivity contribution in [1.29, 1.82) is 0 Å². The van der Waals surface area contributed by atoms with E-state index in [2.05, 4.69) is 9.80 Å². The predicted octanol–water partition coefficient (Wildman–Crippen LogP) is 0.356. The average Bonchev–Trinajstić information content (AvgIpc) is 2.75. The van der Waals surface area contributed by atoms with Crippen LogP contribution in [0.1, 0.15) is 25.7 Å². The Balaban J connectivity index is 1.63. The van der Waals surface area contributed by atoms with Gasteiger partial charge >= 0.3 is 0 Å². The van der Waals surface area contributed by atoms with E-state index < -0.39 is 0 Å². The Kier molecular flexibility index (Phi) is 4.95. The number of rotatable bonds is 5. The van der Waals surface area contributed by atoms with E-state index in [9.17, 15) is 4.79 Å². The maximum Gasteiger partial charge on any atom is 0.136 e. The van der Waals surface area contributed by atoms with Crippen LogP contribution in [-0.2, 0) is 4.79 Å². The molecule has 0 amide bonds. The molecule has 0 aromatic rings. The molecule has 0 radical (unpaired) electrons. The molecule has 0 bridgehead atoms. The van der Waals surface area contributed by atoms with Crippen LogP contribution >= 0.6 is 0 Å². The van der Waals surface area contributed by atoms with Crippen molar-refractivity contribution in [2.24, 2.45) is 5.92 Å². The second kappa shape index (κ2) is 6.47. The Hall–Kier alpha value is -0.450. The van der Waals surface area contributed by atoms with Crippen molar-refractivity contribution in [3.8, 4) is 0 Å². The topological polar surface area (TPSA) is 43.8 Å². The first-order chi connectivity index (χ1) is 8.29. The lowest BCUT2D eigenvalue weighted by molar-refractivity contribution is -0.120. The molecule has 0 aromatic heterocycles. The number of aliphatic hydroxyl groups excluding tert-OH is 1. The Morgan fingerprint density at radius 1 is 1.12 bits per heavy atom. The zero-order valence-electron chi connectivity index (χ0n) is 10.6. The molecule has 98 valence electrons. The van der Waals surface area contributed by atoms with Gasteiger partial charge in [-0.3, -0.25) is 9.69 Å². The van der Waals surface area contributed by atoms with Gasteiger partial charge in [-0.05, 0) is 25.8 Å². The number of Topliss-reactive ketones (excluding diaryl/α,β-unsaturated/α-hetero) is 1. The van der Waals surface area contributed by atoms with E-state index in [-0.39, 0.29) is 6.61 Å². The molecule has 1 atom stereocenters. The SMILES string of the molecule is O=C1CCCC1CCN1CCN(CCO)CC1. The van der Waals surface area contributed by atoms with Crippen molar-refractivity contribution < 1.29 is 9.90 Å². The summed E-state index contributed by atoms with van der Waals surface area (Å²) < 4.78 is 0. The van der Waals surface area contributed by atoms with E-state index in [1.807, 2.05) is 0 Å². The number of carbonyl (C=O) groups is 1. The summed E-state index contributed by atoms with van der Waals surface area (Å²) >= 11 is 0. The number of hydrogen-bond acceptors (Lipinski definition) is 4. The Morgan fingerprint density at radius 3 is 2.29 bits per heavy atom. The monoisotopic (exact) mass is 240 g/mol. The summed E-state index contributed by atoms with van der Waals surface area (Å²) in [6.07, 6.45) is 4.09. The maximum atomic E-state index is 11.5. The van der Waals surface area contributed by atoms with Gasteiger partial charge in [0.05, 0.1) is 6.61 Å². The predicted molar refractivity (Wildman–Crippen MR) is 66.9 cm³/mol. The van der Waals surface area contributed by atoms with Gasteiger partial charge in [-0.25, -0.2) is 0 Å². The van der Waals surface area contributed by atoms with Crippen LogP contribution < -0.4 is 0 Å². The molecule has 1 N–H and O–H groups in total. The molecule has 2 rings (SSSR count). The van der Waals surface area contributed by atoms with Gasteiger partial charge in [0.1, 0.15) is 5.78 Å². The highest BCUT2D eigenvalue weighted by Gasteiger charge is 2.25. The Bertz CT molecular complexity index is 250. The third kappa shape index (κ3) is 3.76. The number of nitrogens with zero attached hydrogens (tertiary/aromatic N) is 2. The fourth-order valence-corrected chi connectivity index (χ4v) is 2.91. The minimum absolute atomic E-state index is 0.260. The molecular weight excluding hydrogens is 216 g/mol. The quantitative estimate of drug-likeness (QED) is 0.753. The lowest BCUT2D eigenvalue weighted by Gasteiger charge is -2.34. The van der Waals surface area contributed by atoms with Gasteiger partial charge in [0.2, 0.25) is 0 Å². The van der Waals surface area contributed by atoms with Crippen LogP contribution in [0.4, 0.5) is 0 Å². The third-order valence-electron chi connectivity index (χ3n) is 4.11.